The first kappa shape index (κ1) is 20.9. The number of nitrogens with one attached hydrogen (secondary N) is 1. The van der Waals surface area contributed by atoms with Crippen LogP contribution < -0.4 is 19.9 Å². The Morgan fingerprint density at radius 2 is 2.00 bits per heavy atom. The largest absolute Gasteiger partial charge is 0.494 e. The van der Waals surface area contributed by atoms with Gasteiger partial charge in [-0.2, -0.15) is 4.98 Å². The second-order valence-electron chi connectivity index (χ2n) is 7.15. The van der Waals surface area contributed by atoms with Crippen molar-refractivity contribution in [1.29, 1.82) is 0 Å². The Kier molecular flexibility index (Phi) is 5.95. The maximum atomic E-state index is 13.3. The van der Waals surface area contributed by atoms with Gasteiger partial charge in [-0.15, -0.1) is 0 Å². The van der Waals surface area contributed by atoms with Crippen LogP contribution in [0.2, 0.25) is 5.02 Å². The lowest BCUT2D eigenvalue weighted by Gasteiger charge is -2.36. The molecule has 1 aliphatic heterocycles. The molecule has 0 radical (unpaired) electrons. The molecule has 0 saturated heterocycles. The van der Waals surface area contributed by atoms with Gasteiger partial charge in [0.2, 0.25) is 5.95 Å². The molecule has 31 heavy (non-hydrogen) atoms. The van der Waals surface area contributed by atoms with Gasteiger partial charge in [0.05, 0.1) is 23.9 Å². The molecule has 0 atom stereocenters. The van der Waals surface area contributed by atoms with Gasteiger partial charge in [0.1, 0.15) is 11.6 Å². The number of hydrogen-bond donors (Lipinski definition) is 1. The van der Waals surface area contributed by atoms with Crippen molar-refractivity contribution in [3.63, 3.8) is 0 Å². The standard InChI is InChI=1S/C23H24ClN5O2/c1-4-28-21-16(14-29(23(28)30)20-15(3)8-6-11-19(20)24)13-25-22(27-21)26-17-9-7-10-18(12-17)31-5-2/h6-13H,4-5,14H2,1-3H3,(H,25,26,27). The predicted octanol–water partition coefficient (Wildman–Crippen LogP) is 5.55. The first-order valence-corrected chi connectivity index (χ1v) is 10.6. The average Bonchev–Trinajstić information content (AvgIpc) is 2.75. The predicted molar refractivity (Wildman–Crippen MR) is 124 cm³/mol. The maximum Gasteiger partial charge on any atom is 0.330 e. The van der Waals surface area contributed by atoms with E-state index in [4.69, 9.17) is 16.3 Å². The van der Waals surface area contributed by atoms with Crippen LogP contribution in [0.25, 0.3) is 0 Å². The number of rotatable bonds is 6. The van der Waals surface area contributed by atoms with E-state index in [-0.39, 0.29) is 6.03 Å². The Morgan fingerprint density at radius 1 is 1.19 bits per heavy atom. The van der Waals surface area contributed by atoms with Crippen molar-refractivity contribution in [1.82, 2.24) is 9.97 Å². The molecule has 1 N–H and O–H groups in total. The number of aryl methyl sites for hydroxylation is 1. The molecule has 0 bridgehead atoms. The van der Waals surface area contributed by atoms with Gasteiger partial charge in [-0.1, -0.05) is 29.8 Å². The van der Waals surface area contributed by atoms with Gasteiger partial charge < -0.3 is 10.1 Å². The van der Waals surface area contributed by atoms with Gasteiger partial charge >= 0.3 is 6.03 Å². The summed E-state index contributed by atoms with van der Waals surface area (Å²) < 4.78 is 5.55. The molecule has 4 rings (SSSR count). The zero-order valence-electron chi connectivity index (χ0n) is 17.7. The first-order chi connectivity index (χ1) is 15.0. The summed E-state index contributed by atoms with van der Waals surface area (Å²) in [4.78, 5) is 25.7. The highest BCUT2D eigenvalue weighted by Crippen LogP contribution is 2.36. The Morgan fingerprint density at radius 3 is 2.74 bits per heavy atom. The van der Waals surface area contributed by atoms with E-state index in [1.807, 2.05) is 57.2 Å². The van der Waals surface area contributed by atoms with E-state index < -0.39 is 0 Å². The molecule has 8 heteroatoms. The molecule has 1 aliphatic rings. The Labute approximate surface area is 186 Å². The lowest BCUT2D eigenvalue weighted by atomic mass is 10.1. The van der Waals surface area contributed by atoms with E-state index in [1.165, 1.54) is 0 Å². The third-order valence-electron chi connectivity index (χ3n) is 5.06. The number of fused-ring (bicyclic) bond motifs is 1. The second-order valence-corrected chi connectivity index (χ2v) is 7.55. The highest BCUT2D eigenvalue weighted by Gasteiger charge is 2.33. The summed E-state index contributed by atoms with van der Waals surface area (Å²) in [7, 11) is 0. The summed E-state index contributed by atoms with van der Waals surface area (Å²) in [6.07, 6.45) is 1.76. The Balaban J connectivity index is 1.66. The van der Waals surface area contributed by atoms with Gasteiger partial charge in [0, 0.05) is 30.1 Å². The van der Waals surface area contributed by atoms with E-state index >= 15 is 0 Å². The Bertz CT molecular complexity index is 1100. The van der Waals surface area contributed by atoms with Crippen molar-refractivity contribution in [2.45, 2.75) is 27.3 Å². The smallest absolute Gasteiger partial charge is 0.330 e. The molecule has 0 spiro atoms. The van der Waals surface area contributed by atoms with Crippen LogP contribution in [0, 0.1) is 6.92 Å². The molecular formula is C23H24ClN5O2. The lowest BCUT2D eigenvalue weighted by molar-refractivity contribution is 0.250. The fourth-order valence-corrected chi connectivity index (χ4v) is 3.99. The summed E-state index contributed by atoms with van der Waals surface area (Å²) in [6.45, 7) is 7.23. The van der Waals surface area contributed by atoms with Crippen molar-refractivity contribution in [2.75, 3.05) is 28.3 Å². The van der Waals surface area contributed by atoms with E-state index in [9.17, 15) is 4.79 Å². The molecular weight excluding hydrogens is 414 g/mol. The van der Waals surface area contributed by atoms with Gasteiger partial charge in [0.15, 0.2) is 0 Å². The number of ether oxygens (including phenoxy) is 1. The summed E-state index contributed by atoms with van der Waals surface area (Å²) in [5, 5.41) is 3.74. The van der Waals surface area contributed by atoms with Crippen LogP contribution in [0.15, 0.2) is 48.7 Å². The normalized spacial score (nSPS) is 13.2. The number of para-hydroxylation sites is 1. The van der Waals surface area contributed by atoms with Crippen molar-refractivity contribution in [3.05, 3.63) is 64.8 Å². The van der Waals surface area contributed by atoms with Crippen LogP contribution in [0.4, 0.5) is 27.9 Å². The third-order valence-corrected chi connectivity index (χ3v) is 5.37. The Hall–Kier alpha value is -3.32. The van der Waals surface area contributed by atoms with Crippen LogP contribution >= 0.6 is 11.6 Å². The fraction of sp³-hybridized carbons (Fsp3) is 0.261. The molecule has 2 amide bonds. The number of urea groups is 1. The summed E-state index contributed by atoms with van der Waals surface area (Å²) in [6, 6.07) is 13.1. The second kappa shape index (κ2) is 8.81. The number of hydrogen-bond acceptors (Lipinski definition) is 5. The highest BCUT2D eigenvalue weighted by atomic mass is 35.5. The number of carbonyl (C=O) groups excluding carboxylic acids is 1. The highest BCUT2D eigenvalue weighted by molar-refractivity contribution is 6.34. The summed E-state index contributed by atoms with van der Waals surface area (Å²) in [5.41, 5.74) is 3.32. The molecule has 0 fully saturated rings. The quantitative estimate of drug-likeness (QED) is 0.547. The number of amides is 2. The minimum atomic E-state index is -0.158. The van der Waals surface area contributed by atoms with Crippen LogP contribution in [-0.2, 0) is 6.54 Å². The third kappa shape index (κ3) is 4.14. The molecule has 0 saturated carbocycles. The van der Waals surface area contributed by atoms with E-state index in [0.717, 1.165) is 22.6 Å². The average molecular weight is 438 g/mol. The summed E-state index contributed by atoms with van der Waals surface area (Å²) in [5.74, 6) is 1.79. The number of benzene rings is 2. The minimum absolute atomic E-state index is 0.158. The molecule has 3 aromatic rings. The van der Waals surface area contributed by atoms with Crippen LogP contribution in [0.1, 0.15) is 25.0 Å². The van der Waals surface area contributed by atoms with Crippen LogP contribution in [-0.4, -0.2) is 29.2 Å². The van der Waals surface area contributed by atoms with Crippen molar-refractivity contribution >= 4 is 40.8 Å². The molecule has 0 aliphatic carbocycles. The van der Waals surface area contributed by atoms with Gasteiger partial charge in [-0.25, -0.2) is 9.78 Å². The van der Waals surface area contributed by atoms with Crippen LogP contribution in [0.3, 0.4) is 0 Å². The van der Waals surface area contributed by atoms with Crippen molar-refractivity contribution < 1.29 is 9.53 Å². The van der Waals surface area contributed by atoms with Crippen molar-refractivity contribution in [2.24, 2.45) is 0 Å². The van der Waals surface area contributed by atoms with Gasteiger partial charge in [-0.3, -0.25) is 9.80 Å². The van der Waals surface area contributed by atoms with Crippen LogP contribution in [0.5, 0.6) is 5.75 Å². The summed E-state index contributed by atoms with van der Waals surface area (Å²) >= 11 is 6.43. The zero-order chi connectivity index (χ0) is 22.0. The SMILES string of the molecule is CCOc1cccc(Nc2ncc3c(n2)N(CC)C(=O)N(c2c(C)cccc2Cl)C3)c1. The fourth-order valence-electron chi connectivity index (χ4n) is 3.66. The van der Waals surface area contributed by atoms with Gasteiger partial charge in [0.25, 0.3) is 0 Å². The maximum absolute atomic E-state index is 13.3. The zero-order valence-corrected chi connectivity index (χ0v) is 18.5. The molecule has 7 nitrogen and oxygen atoms in total. The van der Waals surface area contributed by atoms with Gasteiger partial charge in [-0.05, 0) is 44.5 Å². The number of anilines is 4. The number of nitrogens with zero attached hydrogens (tertiary/aromatic N) is 4. The minimum Gasteiger partial charge on any atom is -0.494 e. The number of aromatic nitrogens is 2. The lowest BCUT2D eigenvalue weighted by Crippen LogP contribution is -2.48. The number of halogens is 1. The molecule has 160 valence electrons. The molecule has 1 aromatic heterocycles. The van der Waals surface area contributed by atoms with E-state index in [1.54, 1.807) is 22.1 Å². The molecule has 2 aromatic carbocycles. The van der Waals surface area contributed by atoms with Crippen molar-refractivity contribution in [3.8, 4) is 5.75 Å². The number of carbonyl (C=O) groups is 1. The monoisotopic (exact) mass is 437 g/mol. The molecule has 0 unspecified atom stereocenters. The molecule has 2 heterocycles. The first-order valence-electron chi connectivity index (χ1n) is 10.2. The van der Waals surface area contributed by atoms with E-state index in [2.05, 4.69) is 15.3 Å². The topological polar surface area (TPSA) is 70.6 Å². The van der Waals surface area contributed by atoms with E-state index in [0.29, 0.717) is 42.2 Å².